The molecule has 1 rings (SSSR count). The van der Waals surface area contributed by atoms with Crippen molar-refractivity contribution < 1.29 is 14.3 Å². The number of hydrogen-bond donors (Lipinski definition) is 1. The van der Waals surface area contributed by atoms with Gasteiger partial charge >= 0.3 is 5.97 Å². The van der Waals surface area contributed by atoms with E-state index in [-0.39, 0.29) is 12.1 Å². The van der Waals surface area contributed by atoms with Crippen molar-refractivity contribution in [2.45, 2.75) is 6.54 Å². The molecule has 0 unspecified atom stereocenters. The largest absolute Gasteiger partial charge is 0.478 e. The standard InChI is InChI=1S/C9H6FNO3/c1-2-3-11-5-6(9(13)14)4-7(10)8(11)12/h1,4-5H,3H2,(H,13,14). The van der Waals surface area contributed by atoms with Gasteiger partial charge in [0.05, 0.1) is 12.1 Å². The number of carbonyl (C=O) groups is 1. The van der Waals surface area contributed by atoms with E-state index in [2.05, 4.69) is 5.92 Å². The van der Waals surface area contributed by atoms with Crippen molar-refractivity contribution in [3.63, 3.8) is 0 Å². The van der Waals surface area contributed by atoms with Gasteiger partial charge in [-0.1, -0.05) is 5.92 Å². The first-order valence-corrected chi connectivity index (χ1v) is 3.63. The molecule has 0 aromatic carbocycles. The number of carboxylic acids is 1. The third-order valence-corrected chi connectivity index (χ3v) is 1.55. The maximum absolute atomic E-state index is 12.9. The van der Waals surface area contributed by atoms with E-state index in [9.17, 15) is 14.0 Å². The van der Waals surface area contributed by atoms with E-state index in [1.165, 1.54) is 0 Å². The lowest BCUT2D eigenvalue weighted by molar-refractivity contribution is 0.0695. The second-order valence-corrected chi connectivity index (χ2v) is 2.52. The molecule has 0 fully saturated rings. The Morgan fingerprint density at radius 2 is 2.36 bits per heavy atom. The van der Waals surface area contributed by atoms with Crippen LogP contribution in [0.1, 0.15) is 10.4 Å². The van der Waals surface area contributed by atoms with Crippen LogP contribution in [-0.4, -0.2) is 15.6 Å². The first kappa shape index (κ1) is 9.99. The van der Waals surface area contributed by atoms with Crippen molar-refractivity contribution in [2.24, 2.45) is 0 Å². The van der Waals surface area contributed by atoms with Gasteiger partial charge in [-0.25, -0.2) is 9.18 Å². The summed E-state index contributed by atoms with van der Waals surface area (Å²) in [6, 6.07) is 0.664. The molecule has 0 saturated carbocycles. The average Bonchev–Trinajstić information content (AvgIpc) is 2.12. The van der Waals surface area contributed by atoms with Gasteiger partial charge in [-0.2, -0.15) is 0 Å². The summed E-state index contributed by atoms with van der Waals surface area (Å²) in [6.45, 7) is -0.156. The van der Waals surface area contributed by atoms with Crippen molar-refractivity contribution in [2.75, 3.05) is 0 Å². The number of nitrogens with zero attached hydrogens (tertiary/aromatic N) is 1. The van der Waals surface area contributed by atoms with Crippen LogP contribution in [0.3, 0.4) is 0 Å². The minimum absolute atomic E-state index is 0.156. The van der Waals surface area contributed by atoms with Crippen LogP contribution in [0, 0.1) is 18.2 Å². The van der Waals surface area contributed by atoms with Crippen LogP contribution in [0.5, 0.6) is 0 Å². The summed E-state index contributed by atoms with van der Waals surface area (Å²) in [6.07, 6.45) is 5.93. The second-order valence-electron chi connectivity index (χ2n) is 2.52. The van der Waals surface area contributed by atoms with E-state index < -0.39 is 17.3 Å². The van der Waals surface area contributed by atoms with Gasteiger partial charge < -0.3 is 9.67 Å². The minimum Gasteiger partial charge on any atom is -0.478 e. The highest BCUT2D eigenvalue weighted by Crippen LogP contribution is 1.99. The maximum Gasteiger partial charge on any atom is 0.337 e. The summed E-state index contributed by atoms with van der Waals surface area (Å²) in [5.74, 6) is -0.314. The average molecular weight is 195 g/mol. The predicted molar refractivity (Wildman–Crippen MR) is 46.5 cm³/mol. The number of aromatic carboxylic acids is 1. The summed E-state index contributed by atoms with van der Waals surface area (Å²) in [5, 5.41) is 8.56. The van der Waals surface area contributed by atoms with E-state index in [0.717, 1.165) is 10.8 Å². The molecule has 0 saturated heterocycles. The van der Waals surface area contributed by atoms with Crippen LogP contribution in [0.15, 0.2) is 17.1 Å². The molecule has 5 heteroatoms. The molecule has 4 nitrogen and oxygen atoms in total. The van der Waals surface area contributed by atoms with Crippen LogP contribution in [-0.2, 0) is 6.54 Å². The van der Waals surface area contributed by atoms with Crippen molar-refractivity contribution in [1.82, 2.24) is 4.57 Å². The highest BCUT2D eigenvalue weighted by Gasteiger charge is 2.09. The minimum atomic E-state index is -1.31. The van der Waals surface area contributed by atoms with Gasteiger partial charge in [0, 0.05) is 6.20 Å². The molecule has 0 radical (unpaired) electrons. The number of halogens is 1. The van der Waals surface area contributed by atoms with E-state index in [1.54, 1.807) is 0 Å². The third kappa shape index (κ3) is 1.80. The van der Waals surface area contributed by atoms with Gasteiger partial charge in [-0.05, 0) is 6.07 Å². The summed E-state index contributed by atoms with van der Waals surface area (Å²) in [5.41, 5.74) is -1.23. The molecule has 1 aromatic rings. The molecule has 0 atom stereocenters. The van der Waals surface area contributed by atoms with Gasteiger partial charge in [0.25, 0.3) is 5.56 Å². The monoisotopic (exact) mass is 195 g/mol. The maximum atomic E-state index is 12.9. The smallest absolute Gasteiger partial charge is 0.337 e. The fraction of sp³-hybridized carbons (Fsp3) is 0.111. The Morgan fingerprint density at radius 1 is 1.71 bits per heavy atom. The Bertz CT molecular complexity index is 470. The van der Waals surface area contributed by atoms with Gasteiger partial charge in [0.15, 0.2) is 5.82 Å². The number of aromatic nitrogens is 1. The number of carboxylic acid groups (broad SMARTS) is 1. The first-order chi connectivity index (χ1) is 6.56. The highest BCUT2D eigenvalue weighted by atomic mass is 19.1. The fourth-order valence-corrected chi connectivity index (χ4v) is 0.932. The van der Waals surface area contributed by atoms with Crippen molar-refractivity contribution in [3.8, 4) is 12.3 Å². The molecule has 0 aliphatic heterocycles. The number of terminal acetylenes is 1. The topological polar surface area (TPSA) is 59.3 Å². The molecule has 14 heavy (non-hydrogen) atoms. The Labute approximate surface area is 78.6 Å². The Morgan fingerprint density at radius 3 is 2.86 bits per heavy atom. The molecule has 0 bridgehead atoms. The predicted octanol–water partition coefficient (Wildman–Crippen LogP) is 0.319. The molecule has 1 aromatic heterocycles. The molecular weight excluding hydrogens is 189 g/mol. The van der Waals surface area contributed by atoms with Gasteiger partial charge in [0.2, 0.25) is 0 Å². The lowest BCUT2D eigenvalue weighted by Crippen LogP contribution is -2.23. The van der Waals surface area contributed by atoms with Gasteiger partial charge in [-0.15, -0.1) is 6.42 Å². The molecule has 1 N–H and O–H groups in total. The number of hydrogen-bond acceptors (Lipinski definition) is 2. The van der Waals surface area contributed by atoms with Crippen LogP contribution in [0.4, 0.5) is 4.39 Å². The lowest BCUT2D eigenvalue weighted by Gasteiger charge is -2.02. The van der Waals surface area contributed by atoms with Crippen molar-refractivity contribution in [1.29, 1.82) is 0 Å². The van der Waals surface area contributed by atoms with Crippen LogP contribution in [0.2, 0.25) is 0 Å². The summed E-state index contributed by atoms with van der Waals surface area (Å²) < 4.78 is 13.7. The molecular formula is C9H6FNO3. The normalized spacial score (nSPS) is 9.43. The first-order valence-electron chi connectivity index (χ1n) is 3.63. The zero-order valence-electron chi connectivity index (χ0n) is 7.03. The van der Waals surface area contributed by atoms with Crippen LogP contribution >= 0.6 is 0 Å². The van der Waals surface area contributed by atoms with Gasteiger partial charge in [-0.3, -0.25) is 4.79 Å². The van der Waals surface area contributed by atoms with E-state index >= 15 is 0 Å². The quantitative estimate of drug-likeness (QED) is 0.691. The summed E-state index contributed by atoms with van der Waals surface area (Å²) in [7, 11) is 0. The summed E-state index contributed by atoms with van der Waals surface area (Å²) >= 11 is 0. The molecule has 0 amide bonds. The SMILES string of the molecule is C#CCn1cc(C(=O)O)cc(F)c1=O. The zero-order chi connectivity index (χ0) is 10.7. The van der Waals surface area contributed by atoms with E-state index in [4.69, 9.17) is 11.5 Å². The molecule has 0 aliphatic rings. The Kier molecular flexibility index (Phi) is 2.67. The molecule has 0 aliphatic carbocycles. The van der Waals surface area contributed by atoms with E-state index in [1.807, 2.05) is 0 Å². The lowest BCUT2D eigenvalue weighted by atomic mass is 10.3. The fourth-order valence-electron chi connectivity index (χ4n) is 0.932. The Balaban J connectivity index is 3.37. The zero-order valence-corrected chi connectivity index (χ0v) is 7.03. The van der Waals surface area contributed by atoms with Crippen molar-refractivity contribution in [3.05, 3.63) is 34.0 Å². The Hall–Kier alpha value is -2.09. The number of rotatable bonds is 2. The van der Waals surface area contributed by atoms with Crippen molar-refractivity contribution >= 4 is 5.97 Å². The molecule has 0 spiro atoms. The number of pyridine rings is 1. The van der Waals surface area contributed by atoms with Crippen LogP contribution in [0.25, 0.3) is 0 Å². The van der Waals surface area contributed by atoms with Gasteiger partial charge in [0.1, 0.15) is 0 Å². The van der Waals surface area contributed by atoms with E-state index in [0.29, 0.717) is 6.07 Å². The highest BCUT2D eigenvalue weighted by molar-refractivity contribution is 5.87. The molecule has 72 valence electrons. The summed E-state index contributed by atoms with van der Waals surface area (Å²) in [4.78, 5) is 21.5. The molecule has 1 heterocycles. The van der Waals surface area contributed by atoms with Crippen LogP contribution < -0.4 is 5.56 Å². The second kappa shape index (κ2) is 3.75. The third-order valence-electron chi connectivity index (χ3n) is 1.55.